The molecule has 4 nitrogen and oxygen atoms in total. The Kier molecular flexibility index (Phi) is 9.23. The molecule has 0 aromatic heterocycles. The molecule has 2 aliphatic rings. The summed E-state index contributed by atoms with van der Waals surface area (Å²) < 4.78 is 11.3. The quantitative estimate of drug-likeness (QED) is 0.639. The van der Waals surface area contributed by atoms with Gasteiger partial charge in [0.15, 0.2) is 11.5 Å². The van der Waals surface area contributed by atoms with Gasteiger partial charge in [-0.15, -0.1) is 24.8 Å². The number of hydrogen-bond donors (Lipinski definition) is 0. The van der Waals surface area contributed by atoms with Gasteiger partial charge in [-0.25, -0.2) is 0 Å². The zero-order valence-electron chi connectivity index (χ0n) is 16.2. The van der Waals surface area contributed by atoms with Crippen LogP contribution in [0.1, 0.15) is 18.4 Å². The molecule has 0 saturated carbocycles. The molecule has 2 aromatic rings. The number of halogens is 2. The van der Waals surface area contributed by atoms with Crippen LogP contribution in [0.3, 0.4) is 0 Å². The van der Waals surface area contributed by atoms with E-state index in [0.29, 0.717) is 13.2 Å². The average molecular weight is 425 g/mol. The van der Waals surface area contributed by atoms with Gasteiger partial charge in [-0.3, -0.25) is 4.90 Å². The van der Waals surface area contributed by atoms with Gasteiger partial charge < -0.3 is 14.4 Å². The number of benzene rings is 2. The summed E-state index contributed by atoms with van der Waals surface area (Å²) in [4.78, 5) is 5.09. The van der Waals surface area contributed by atoms with Crippen LogP contribution in [0.25, 0.3) is 0 Å². The molecule has 2 aromatic carbocycles. The first kappa shape index (κ1) is 22.7. The molecule has 0 amide bonds. The third-order valence-electron chi connectivity index (χ3n) is 5.29. The lowest BCUT2D eigenvalue weighted by molar-refractivity contribution is 0.171. The smallest absolute Gasteiger partial charge is 0.161 e. The van der Waals surface area contributed by atoms with Crippen molar-refractivity contribution in [3.63, 3.8) is 0 Å². The van der Waals surface area contributed by atoms with Crippen LogP contribution in [0.5, 0.6) is 11.5 Å². The van der Waals surface area contributed by atoms with E-state index < -0.39 is 0 Å². The van der Waals surface area contributed by atoms with Crippen molar-refractivity contribution in [1.82, 2.24) is 4.90 Å². The van der Waals surface area contributed by atoms with Crippen molar-refractivity contribution in [3.05, 3.63) is 54.1 Å². The monoisotopic (exact) mass is 424 g/mol. The van der Waals surface area contributed by atoms with Crippen molar-refractivity contribution in [2.75, 3.05) is 50.8 Å². The summed E-state index contributed by atoms with van der Waals surface area (Å²) in [7, 11) is 0. The largest absolute Gasteiger partial charge is 0.486 e. The van der Waals surface area contributed by atoms with Gasteiger partial charge in [0.05, 0.1) is 0 Å². The first-order chi connectivity index (χ1) is 12.9. The molecule has 2 aliphatic heterocycles. The van der Waals surface area contributed by atoms with Crippen LogP contribution in [0.15, 0.2) is 48.5 Å². The van der Waals surface area contributed by atoms with Crippen LogP contribution in [-0.2, 0) is 6.42 Å². The van der Waals surface area contributed by atoms with Crippen molar-refractivity contribution < 1.29 is 9.47 Å². The summed E-state index contributed by atoms with van der Waals surface area (Å²) >= 11 is 0. The molecule has 0 spiro atoms. The minimum Gasteiger partial charge on any atom is -0.486 e. The van der Waals surface area contributed by atoms with Crippen LogP contribution in [0.2, 0.25) is 0 Å². The molecule has 0 aliphatic carbocycles. The Bertz CT molecular complexity index is 707. The van der Waals surface area contributed by atoms with Crippen LogP contribution >= 0.6 is 24.8 Å². The molecule has 0 bridgehead atoms. The predicted molar refractivity (Wildman–Crippen MR) is 120 cm³/mol. The summed E-state index contributed by atoms with van der Waals surface area (Å²) in [5.41, 5.74) is 2.70. The molecular weight excluding hydrogens is 395 g/mol. The number of ether oxygens (including phenoxy) is 2. The first-order valence-corrected chi connectivity index (χ1v) is 9.79. The Morgan fingerprint density at radius 1 is 0.750 bits per heavy atom. The third-order valence-corrected chi connectivity index (χ3v) is 5.29. The van der Waals surface area contributed by atoms with Crippen molar-refractivity contribution in [2.45, 2.75) is 19.3 Å². The van der Waals surface area contributed by atoms with Crippen LogP contribution in [0.4, 0.5) is 5.69 Å². The van der Waals surface area contributed by atoms with Gasteiger partial charge in [0.1, 0.15) is 13.2 Å². The minimum absolute atomic E-state index is 0. The van der Waals surface area contributed by atoms with Crippen molar-refractivity contribution in [3.8, 4) is 11.5 Å². The van der Waals surface area contributed by atoms with Gasteiger partial charge >= 0.3 is 0 Å². The second-order valence-corrected chi connectivity index (χ2v) is 7.10. The van der Waals surface area contributed by atoms with Gasteiger partial charge in [0, 0.05) is 31.9 Å². The highest BCUT2D eigenvalue weighted by molar-refractivity contribution is 5.85. The van der Waals surface area contributed by atoms with E-state index >= 15 is 0 Å². The zero-order valence-corrected chi connectivity index (χ0v) is 17.9. The lowest BCUT2D eigenvalue weighted by atomic mass is 10.1. The molecule has 0 radical (unpaired) electrons. The van der Waals surface area contributed by atoms with Gasteiger partial charge in [-0.05, 0) is 55.6 Å². The highest BCUT2D eigenvalue weighted by atomic mass is 35.5. The maximum absolute atomic E-state index is 5.67. The summed E-state index contributed by atoms with van der Waals surface area (Å²) in [6, 6.07) is 17.1. The first-order valence-electron chi connectivity index (χ1n) is 9.79. The third kappa shape index (κ3) is 5.94. The van der Waals surface area contributed by atoms with Crippen LogP contribution in [-0.4, -0.2) is 50.8 Å². The zero-order chi connectivity index (χ0) is 17.6. The molecule has 0 atom stereocenters. The fourth-order valence-electron chi connectivity index (χ4n) is 3.78. The maximum atomic E-state index is 5.67. The average Bonchev–Trinajstić information content (AvgIpc) is 2.72. The van der Waals surface area contributed by atoms with E-state index in [2.05, 4.69) is 52.3 Å². The number of nitrogens with zero attached hydrogens (tertiary/aromatic N) is 2. The second-order valence-electron chi connectivity index (χ2n) is 7.10. The summed E-state index contributed by atoms with van der Waals surface area (Å²) in [6.07, 6.45) is 3.58. The van der Waals surface area contributed by atoms with E-state index in [9.17, 15) is 0 Å². The van der Waals surface area contributed by atoms with E-state index in [-0.39, 0.29) is 24.8 Å². The molecule has 0 unspecified atom stereocenters. The van der Waals surface area contributed by atoms with Crippen molar-refractivity contribution >= 4 is 30.5 Å². The number of unbranched alkanes of at least 4 members (excludes halogenated alkanes) is 1. The van der Waals surface area contributed by atoms with E-state index in [1.807, 2.05) is 6.07 Å². The van der Waals surface area contributed by atoms with Crippen LogP contribution in [0, 0.1) is 0 Å². The summed E-state index contributed by atoms with van der Waals surface area (Å²) in [6.45, 7) is 7.11. The lowest BCUT2D eigenvalue weighted by Crippen LogP contribution is -2.46. The number of rotatable bonds is 6. The van der Waals surface area contributed by atoms with Gasteiger partial charge in [0.25, 0.3) is 0 Å². The highest BCUT2D eigenvalue weighted by Crippen LogP contribution is 2.31. The number of para-hydroxylation sites is 1. The number of anilines is 1. The molecule has 28 heavy (non-hydrogen) atoms. The molecular formula is C22H30Cl2N2O2. The van der Waals surface area contributed by atoms with E-state index in [1.54, 1.807) is 0 Å². The number of hydrogen-bond acceptors (Lipinski definition) is 4. The van der Waals surface area contributed by atoms with Gasteiger partial charge in [0.2, 0.25) is 0 Å². The normalized spacial score (nSPS) is 16.1. The van der Waals surface area contributed by atoms with Crippen molar-refractivity contribution in [2.24, 2.45) is 0 Å². The number of aryl methyl sites for hydroxylation is 1. The highest BCUT2D eigenvalue weighted by Gasteiger charge is 2.16. The summed E-state index contributed by atoms with van der Waals surface area (Å²) in [5, 5.41) is 0. The minimum atomic E-state index is 0. The molecule has 154 valence electrons. The van der Waals surface area contributed by atoms with E-state index in [1.165, 1.54) is 43.7 Å². The Morgan fingerprint density at radius 3 is 2.21 bits per heavy atom. The predicted octanol–water partition coefficient (Wildman–Crippen LogP) is 4.45. The fourth-order valence-corrected chi connectivity index (χ4v) is 3.78. The Labute approximate surface area is 180 Å². The molecule has 6 heteroatoms. The standard InChI is InChI=1S/C22H28N2O2.2ClH/c1-2-7-20(8-3-1)24-14-12-23(13-15-24)11-5-4-6-19-9-10-21-22(18-19)26-17-16-25-21;;/h1-3,7-10,18H,4-6,11-17H2;2*1H. The van der Waals surface area contributed by atoms with Crippen LogP contribution < -0.4 is 14.4 Å². The maximum Gasteiger partial charge on any atom is 0.161 e. The molecule has 0 N–H and O–H groups in total. The van der Waals surface area contributed by atoms with Gasteiger partial charge in [-0.1, -0.05) is 24.3 Å². The SMILES string of the molecule is Cl.Cl.c1ccc(N2CCN(CCCCc3ccc4c(c3)OCCO4)CC2)cc1. The Morgan fingerprint density at radius 2 is 1.46 bits per heavy atom. The summed E-state index contributed by atoms with van der Waals surface area (Å²) in [5.74, 6) is 1.79. The number of piperazine rings is 1. The van der Waals surface area contributed by atoms with Crippen molar-refractivity contribution in [1.29, 1.82) is 0 Å². The number of fused-ring (bicyclic) bond motifs is 1. The van der Waals surface area contributed by atoms with Gasteiger partial charge in [-0.2, -0.15) is 0 Å². The fraction of sp³-hybridized carbons (Fsp3) is 0.455. The molecule has 1 fully saturated rings. The topological polar surface area (TPSA) is 24.9 Å². The van der Waals surface area contributed by atoms with E-state index in [4.69, 9.17) is 9.47 Å². The lowest BCUT2D eigenvalue weighted by Gasteiger charge is -2.36. The molecule has 4 rings (SSSR count). The Hall–Kier alpha value is -1.62. The van der Waals surface area contributed by atoms with E-state index in [0.717, 1.165) is 31.0 Å². The Balaban J connectivity index is 0.00000140. The molecule has 2 heterocycles. The second kappa shape index (κ2) is 11.4. The molecule has 1 saturated heterocycles.